The van der Waals surface area contributed by atoms with Crippen LogP contribution in [0.1, 0.15) is 74.4 Å². The normalized spacial score (nSPS) is 30.2. The van der Waals surface area contributed by atoms with Gasteiger partial charge in [0.2, 0.25) is 0 Å². The minimum absolute atomic E-state index is 0.190. The number of hydrogen-bond donors (Lipinski definition) is 1. The summed E-state index contributed by atoms with van der Waals surface area (Å²) in [6.45, 7) is 5.64. The van der Waals surface area contributed by atoms with Crippen LogP contribution in [0.5, 0.6) is 0 Å². The fourth-order valence-electron chi connectivity index (χ4n) is 4.06. The van der Waals surface area contributed by atoms with Crippen LogP contribution in [0.4, 0.5) is 0 Å². The molecule has 1 aromatic rings. The summed E-state index contributed by atoms with van der Waals surface area (Å²) in [4.78, 5) is 6.68. The van der Waals surface area contributed by atoms with Gasteiger partial charge in [-0.3, -0.25) is 0 Å². The smallest absolute Gasteiger partial charge is 0.113 e. The van der Waals surface area contributed by atoms with E-state index >= 15 is 0 Å². The largest absolute Gasteiger partial charge is 0.306 e. The van der Waals surface area contributed by atoms with E-state index in [4.69, 9.17) is 4.98 Å². The molecule has 1 N–H and O–H groups in total. The third-order valence-electron chi connectivity index (χ3n) is 5.20. The van der Waals surface area contributed by atoms with Gasteiger partial charge in [-0.2, -0.15) is 0 Å². The van der Waals surface area contributed by atoms with Crippen molar-refractivity contribution in [2.45, 2.75) is 77.2 Å². The van der Waals surface area contributed by atoms with Crippen LogP contribution in [0.2, 0.25) is 0 Å². The van der Waals surface area contributed by atoms with E-state index in [-0.39, 0.29) is 5.54 Å². The molecule has 1 aromatic heterocycles. The predicted octanol–water partition coefficient (Wildman–Crippen LogP) is 4.43. The molecular weight excluding hydrogens is 264 g/mol. The summed E-state index contributed by atoms with van der Waals surface area (Å²) in [6, 6.07) is 0. The van der Waals surface area contributed by atoms with Crippen molar-refractivity contribution in [2.75, 3.05) is 6.54 Å². The van der Waals surface area contributed by atoms with E-state index in [2.05, 4.69) is 19.2 Å². The van der Waals surface area contributed by atoms with Crippen molar-refractivity contribution in [3.05, 3.63) is 15.6 Å². The molecule has 2 atom stereocenters. The van der Waals surface area contributed by atoms with Crippen molar-refractivity contribution in [3.8, 4) is 0 Å². The number of aryl methyl sites for hydroxylation is 2. The van der Waals surface area contributed by atoms with Crippen LogP contribution < -0.4 is 5.32 Å². The number of aromatic nitrogens is 1. The lowest BCUT2D eigenvalue weighted by atomic mass is 9.75. The lowest BCUT2D eigenvalue weighted by Gasteiger charge is -2.40. The molecule has 3 rings (SSSR count). The molecule has 0 radical (unpaired) electrons. The van der Waals surface area contributed by atoms with Crippen molar-refractivity contribution in [2.24, 2.45) is 5.92 Å². The second-order valence-corrected chi connectivity index (χ2v) is 7.66. The highest BCUT2D eigenvalue weighted by Gasteiger charge is 2.39. The molecular formula is C17H28N2S. The zero-order valence-corrected chi connectivity index (χ0v) is 13.8. The molecule has 2 unspecified atom stereocenters. The van der Waals surface area contributed by atoms with Gasteiger partial charge < -0.3 is 5.32 Å². The lowest BCUT2D eigenvalue weighted by Crippen LogP contribution is -2.46. The van der Waals surface area contributed by atoms with Gasteiger partial charge in [-0.1, -0.05) is 33.1 Å². The van der Waals surface area contributed by atoms with Crippen molar-refractivity contribution in [1.82, 2.24) is 10.3 Å². The van der Waals surface area contributed by atoms with Crippen molar-refractivity contribution in [3.63, 3.8) is 0 Å². The number of hydrogen-bond acceptors (Lipinski definition) is 3. The molecule has 20 heavy (non-hydrogen) atoms. The molecule has 0 saturated heterocycles. The van der Waals surface area contributed by atoms with Gasteiger partial charge in [-0.15, -0.1) is 11.3 Å². The molecule has 3 heteroatoms. The zero-order chi connectivity index (χ0) is 14.0. The van der Waals surface area contributed by atoms with Crippen molar-refractivity contribution in [1.29, 1.82) is 0 Å². The van der Waals surface area contributed by atoms with E-state index in [1.54, 1.807) is 4.88 Å². The Morgan fingerprint density at radius 2 is 2.10 bits per heavy atom. The summed E-state index contributed by atoms with van der Waals surface area (Å²) in [5.74, 6) is 0.878. The van der Waals surface area contributed by atoms with Crippen LogP contribution >= 0.6 is 11.3 Å². The van der Waals surface area contributed by atoms with Crippen LogP contribution in [0.3, 0.4) is 0 Å². The number of fused-ring (bicyclic) bond motifs is 1. The predicted molar refractivity (Wildman–Crippen MR) is 86.4 cm³/mol. The first-order valence-electron chi connectivity index (χ1n) is 8.51. The number of rotatable bonds is 4. The van der Waals surface area contributed by atoms with Crippen LogP contribution in [0.15, 0.2) is 0 Å². The summed E-state index contributed by atoms with van der Waals surface area (Å²) >= 11 is 2.02. The third-order valence-corrected chi connectivity index (χ3v) is 6.56. The molecule has 0 aliphatic heterocycles. The Bertz CT molecular complexity index is 426. The summed E-state index contributed by atoms with van der Waals surface area (Å²) in [5.41, 5.74) is 1.61. The van der Waals surface area contributed by atoms with Gasteiger partial charge in [-0.25, -0.2) is 4.98 Å². The SMILES string of the molecule is CCNC1(c2nc3c(s2)CCCC3)CCCC(CC)C1. The maximum atomic E-state index is 5.09. The van der Waals surface area contributed by atoms with Crippen LogP contribution in [0, 0.1) is 5.92 Å². The Morgan fingerprint density at radius 1 is 1.25 bits per heavy atom. The highest BCUT2D eigenvalue weighted by molar-refractivity contribution is 7.11. The summed E-state index contributed by atoms with van der Waals surface area (Å²) in [5, 5.41) is 5.24. The van der Waals surface area contributed by atoms with Crippen LogP contribution in [0.25, 0.3) is 0 Å². The van der Waals surface area contributed by atoms with E-state index in [0.29, 0.717) is 0 Å². The molecule has 112 valence electrons. The van der Waals surface area contributed by atoms with Gasteiger partial charge in [0.05, 0.1) is 11.2 Å². The van der Waals surface area contributed by atoms with E-state index in [0.717, 1.165) is 12.5 Å². The quantitative estimate of drug-likeness (QED) is 0.888. The van der Waals surface area contributed by atoms with E-state index < -0.39 is 0 Å². The Hall–Kier alpha value is -0.410. The van der Waals surface area contributed by atoms with Gasteiger partial charge in [0.15, 0.2) is 0 Å². The molecule has 0 bridgehead atoms. The Balaban J connectivity index is 1.90. The van der Waals surface area contributed by atoms with Crippen molar-refractivity contribution < 1.29 is 0 Å². The topological polar surface area (TPSA) is 24.9 Å². The molecule has 0 spiro atoms. The number of nitrogens with one attached hydrogen (secondary N) is 1. The van der Waals surface area contributed by atoms with Gasteiger partial charge in [0.1, 0.15) is 5.01 Å². The van der Waals surface area contributed by atoms with E-state index in [1.165, 1.54) is 68.5 Å². The standard InChI is InChI=1S/C17H28N2S/c1-3-13-8-7-11-17(12-13,18-4-2)16-19-14-9-5-6-10-15(14)20-16/h13,18H,3-12H2,1-2H3. The Morgan fingerprint density at radius 3 is 2.85 bits per heavy atom. The Labute approximate surface area is 127 Å². The molecule has 0 aromatic carbocycles. The summed E-state index contributed by atoms with van der Waals surface area (Å²) in [7, 11) is 0. The number of thiazole rings is 1. The van der Waals surface area contributed by atoms with Gasteiger partial charge >= 0.3 is 0 Å². The molecule has 1 fully saturated rings. The molecule has 2 aliphatic carbocycles. The second kappa shape index (κ2) is 6.15. The minimum atomic E-state index is 0.190. The Kier molecular flexibility index (Phi) is 4.46. The first kappa shape index (κ1) is 14.5. The molecule has 0 amide bonds. The minimum Gasteiger partial charge on any atom is -0.306 e. The average Bonchev–Trinajstić information content (AvgIpc) is 2.92. The van der Waals surface area contributed by atoms with E-state index in [9.17, 15) is 0 Å². The highest BCUT2D eigenvalue weighted by atomic mass is 32.1. The fourth-order valence-corrected chi connectivity index (χ4v) is 5.42. The van der Waals surface area contributed by atoms with E-state index in [1.807, 2.05) is 11.3 Å². The fraction of sp³-hybridized carbons (Fsp3) is 0.824. The van der Waals surface area contributed by atoms with Crippen LogP contribution in [-0.2, 0) is 18.4 Å². The lowest BCUT2D eigenvalue weighted by molar-refractivity contribution is 0.177. The van der Waals surface area contributed by atoms with Gasteiger partial charge in [-0.05, 0) is 51.0 Å². The zero-order valence-electron chi connectivity index (χ0n) is 13.0. The maximum Gasteiger partial charge on any atom is 0.113 e. The van der Waals surface area contributed by atoms with Crippen molar-refractivity contribution >= 4 is 11.3 Å². The second-order valence-electron chi connectivity index (χ2n) is 6.58. The molecule has 1 heterocycles. The highest BCUT2D eigenvalue weighted by Crippen LogP contribution is 2.44. The first-order valence-corrected chi connectivity index (χ1v) is 9.33. The molecule has 2 nitrogen and oxygen atoms in total. The van der Waals surface area contributed by atoms with Crippen LogP contribution in [-0.4, -0.2) is 11.5 Å². The molecule has 2 aliphatic rings. The summed E-state index contributed by atoms with van der Waals surface area (Å²) < 4.78 is 0. The molecule has 1 saturated carbocycles. The number of nitrogens with zero attached hydrogens (tertiary/aromatic N) is 1. The summed E-state index contributed by atoms with van der Waals surface area (Å²) in [6.07, 6.45) is 11.8. The van der Waals surface area contributed by atoms with Gasteiger partial charge in [0, 0.05) is 4.88 Å². The third kappa shape index (κ3) is 2.67. The monoisotopic (exact) mass is 292 g/mol. The average molecular weight is 292 g/mol. The maximum absolute atomic E-state index is 5.09. The first-order chi connectivity index (χ1) is 9.77. The van der Waals surface area contributed by atoms with Gasteiger partial charge in [0.25, 0.3) is 0 Å².